The van der Waals surface area contributed by atoms with Gasteiger partial charge in [0.2, 0.25) is 5.91 Å². The second-order valence-electron chi connectivity index (χ2n) is 9.45. The number of hydrogen-bond acceptors (Lipinski definition) is 5. The molecular weight excluding hydrogens is 448 g/mol. The molecule has 0 heterocycles. The molecule has 35 heavy (non-hydrogen) atoms. The number of benzene rings is 2. The quantitative estimate of drug-likeness (QED) is 0.436. The van der Waals surface area contributed by atoms with E-state index in [1.807, 2.05) is 36.4 Å². The predicted octanol–water partition coefficient (Wildman–Crippen LogP) is 3.42. The Hall–Kier alpha value is -3.39. The molecule has 1 fully saturated rings. The summed E-state index contributed by atoms with van der Waals surface area (Å²) < 4.78 is 5.65. The van der Waals surface area contributed by atoms with Gasteiger partial charge in [-0.25, -0.2) is 9.59 Å². The number of carbonyl (C=O) groups excluding carboxylic acids is 2. The number of fused-ring (bicyclic) bond motifs is 3. The van der Waals surface area contributed by atoms with Crippen LogP contribution in [0, 0.1) is 5.92 Å². The number of aliphatic hydroxyl groups is 1. The number of ether oxygens (including phenoxy) is 1. The van der Waals surface area contributed by atoms with Crippen LogP contribution in [-0.4, -0.2) is 53.0 Å². The molecule has 1 unspecified atom stereocenters. The molecule has 4 N–H and O–H groups in total. The minimum atomic E-state index is -1.40. The van der Waals surface area contributed by atoms with Gasteiger partial charge in [-0.05, 0) is 47.9 Å². The molecule has 186 valence electrons. The smallest absolute Gasteiger partial charge is 0.407 e. The lowest BCUT2D eigenvalue weighted by Gasteiger charge is -2.25. The summed E-state index contributed by atoms with van der Waals surface area (Å²) >= 11 is 0. The minimum absolute atomic E-state index is 0.0660. The van der Waals surface area contributed by atoms with Crippen LogP contribution in [-0.2, 0) is 14.3 Å². The topological polar surface area (TPSA) is 125 Å². The summed E-state index contributed by atoms with van der Waals surface area (Å²) in [7, 11) is 0. The molecule has 8 heteroatoms. The monoisotopic (exact) mass is 480 g/mol. The molecule has 2 aliphatic carbocycles. The number of carboxylic acid groups (broad SMARTS) is 1. The number of carbonyl (C=O) groups is 3. The molecule has 8 nitrogen and oxygen atoms in total. The van der Waals surface area contributed by atoms with Crippen LogP contribution in [0.4, 0.5) is 4.79 Å². The molecule has 2 aromatic carbocycles. The van der Waals surface area contributed by atoms with Gasteiger partial charge in [-0.1, -0.05) is 61.4 Å². The molecule has 4 rings (SSSR count). The van der Waals surface area contributed by atoms with Gasteiger partial charge in [0, 0.05) is 18.4 Å². The molecule has 3 atom stereocenters. The zero-order chi connectivity index (χ0) is 24.9. The Morgan fingerprint density at radius 2 is 1.54 bits per heavy atom. The predicted molar refractivity (Wildman–Crippen MR) is 130 cm³/mol. The Morgan fingerprint density at radius 3 is 2.09 bits per heavy atom. The van der Waals surface area contributed by atoms with Gasteiger partial charge >= 0.3 is 12.1 Å². The van der Waals surface area contributed by atoms with E-state index < -0.39 is 36.2 Å². The third-order valence-electron chi connectivity index (χ3n) is 7.09. The first kappa shape index (κ1) is 24.7. The number of aliphatic carboxylic acids is 1. The lowest BCUT2D eigenvalue weighted by atomic mass is 9.95. The van der Waals surface area contributed by atoms with Crippen molar-refractivity contribution in [3.05, 3.63) is 59.7 Å². The fourth-order valence-corrected chi connectivity index (χ4v) is 5.31. The van der Waals surface area contributed by atoms with Crippen molar-refractivity contribution in [2.75, 3.05) is 6.61 Å². The average Bonchev–Trinajstić information content (AvgIpc) is 3.47. The van der Waals surface area contributed by atoms with Crippen LogP contribution >= 0.6 is 0 Å². The first-order valence-corrected chi connectivity index (χ1v) is 12.2. The van der Waals surface area contributed by atoms with Crippen molar-refractivity contribution < 1.29 is 29.3 Å². The van der Waals surface area contributed by atoms with E-state index in [0.29, 0.717) is 0 Å². The van der Waals surface area contributed by atoms with Gasteiger partial charge in [0.15, 0.2) is 6.04 Å². The Labute approximate surface area is 204 Å². The van der Waals surface area contributed by atoms with E-state index in [1.54, 1.807) is 0 Å². The number of hydrogen-bond donors (Lipinski definition) is 4. The molecule has 0 aromatic heterocycles. The van der Waals surface area contributed by atoms with Crippen LogP contribution in [0.5, 0.6) is 0 Å². The summed E-state index contributed by atoms with van der Waals surface area (Å²) in [5.74, 6) is -1.80. The Bertz CT molecular complexity index is 1030. The molecule has 2 amide bonds. The zero-order valence-corrected chi connectivity index (χ0v) is 19.8. The highest BCUT2D eigenvalue weighted by molar-refractivity contribution is 5.84. The van der Waals surface area contributed by atoms with Gasteiger partial charge in [0.25, 0.3) is 0 Å². The van der Waals surface area contributed by atoms with E-state index in [-0.39, 0.29) is 24.9 Å². The average molecular weight is 481 g/mol. The number of rotatable bonds is 9. The maximum Gasteiger partial charge on any atom is 0.407 e. The summed E-state index contributed by atoms with van der Waals surface area (Å²) in [6.07, 6.45) is 1.87. The SMILES string of the molecule is C[C@@H](O)[C@H](NC(=O)CC(NC(=O)OCC1c2ccccc2-c2ccccc21)C1CCCC1)C(=O)O. The third-order valence-corrected chi connectivity index (χ3v) is 7.09. The lowest BCUT2D eigenvalue weighted by Crippen LogP contribution is -2.50. The highest BCUT2D eigenvalue weighted by Gasteiger charge is 2.33. The number of aliphatic hydroxyl groups excluding tert-OH is 1. The second-order valence-corrected chi connectivity index (χ2v) is 9.45. The molecule has 0 radical (unpaired) electrons. The van der Waals surface area contributed by atoms with Gasteiger partial charge in [-0.15, -0.1) is 0 Å². The molecule has 0 aliphatic heterocycles. The van der Waals surface area contributed by atoms with E-state index in [1.165, 1.54) is 6.92 Å². The molecule has 2 aliphatic rings. The third kappa shape index (κ3) is 5.65. The first-order chi connectivity index (χ1) is 16.8. The highest BCUT2D eigenvalue weighted by Crippen LogP contribution is 2.44. The molecule has 1 saturated carbocycles. The number of amides is 2. The van der Waals surface area contributed by atoms with Crippen molar-refractivity contribution in [2.24, 2.45) is 5.92 Å². The van der Waals surface area contributed by atoms with Crippen molar-refractivity contribution in [2.45, 2.75) is 63.1 Å². The maximum atomic E-state index is 12.8. The Balaban J connectivity index is 1.40. The fourth-order valence-electron chi connectivity index (χ4n) is 5.31. The van der Waals surface area contributed by atoms with Crippen molar-refractivity contribution in [3.8, 4) is 11.1 Å². The van der Waals surface area contributed by atoms with Crippen molar-refractivity contribution in [3.63, 3.8) is 0 Å². The summed E-state index contributed by atoms with van der Waals surface area (Å²) in [4.78, 5) is 36.7. The lowest BCUT2D eigenvalue weighted by molar-refractivity contribution is -0.144. The summed E-state index contributed by atoms with van der Waals surface area (Å²) in [5.41, 5.74) is 4.52. The van der Waals surface area contributed by atoms with E-state index in [0.717, 1.165) is 47.9 Å². The fraction of sp³-hybridized carbons (Fsp3) is 0.444. The van der Waals surface area contributed by atoms with Crippen molar-refractivity contribution >= 4 is 18.0 Å². The molecule has 2 aromatic rings. The van der Waals surface area contributed by atoms with Gasteiger partial charge in [-0.3, -0.25) is 4.79 Å². The highest BCUT2D eigenvalue weighted by atomic mass is 16.5. The normalized spacial score (nSPS) is 17.7. The van der Waals surface area contributed by atoms with Crippen molar-refractivity contribution in [1.29, 1.82) is 0 Å². The van der Waals surface area contributed by atoms with Gasteiger partial charge in [-0.2, -0.15) is 0 Å². The maximum absolute atomic E-state index is 12.8. The molecular formula is C27H32N2O6. The van der Waals surface area contributed by atoms with Crippen LogP contribution in [0.2, 0.25) is 0 Å². The molecule has 0 bridgehead atoms. The number of nitrogens with one attached hydrogen (secondary N) is 2. The van der Waals surface area contributed by atoms with Crippen LogP contribution in [0.15, 0.2) is 48.5 Å². The van der Waals surface area contributed by atoms with E-state index in [9.17, 15) is 24.6 Å². The van der Waals surface area contributed by atoms with E-state index in [4.69, 9.17) is 4.74 Å². The number of carboxylic acids is 1. The molecule has 0 saturated heterocycles. The van der Waals surface area contributed by atoms with Gasteiger partial charge in [0.1, 0.15) is 6.61 Å². The molecule has 0 spiro atoms. The number of alkyl carbamates (subject to hydrolysis) is 1. The zero-order valence-electron chi connectivity index (χ0n) is 19.8. The van der Waals surface area contributed by atoms with E-state index in [2.05, 4.69) is 22.8 Å². The van der Waals surface area contributed by atoms with Crippen molar-refractivity contribution in [1.82, 2.24) is 10.6 Å². The van der Waals surface area contributed by atoms with E-state index >= 15 is 0 Å². The summed E-state index contributed by atoms with van der Waals surface area (Å²) in [6, 6.07) is 14.3. The van der Waals surface area contributed by atoms with Crippen LogP contribution < -0.4 is 10.6 Å². The van der Waals surface area contributed by atoms with Gasteiger partial charge in [0.05, 0.1) is 6.10 Å². The second kappa shape index (κ2) is 10.9. The summed E-state index contributed by atoms with van der Waals surface area (Å²) in [5, 5.41) is 24.1. The largest absolute Gasteiger partial charge is 0.480 e. The van der Waals surface area contributed by atoms with Crippen LogP contribution in [0.3, 0.4) is 0 Å². The standard InChI is InChI=1S/C27H32N2O6/c1-16(30)25(26(32)33)29-24(31)14-23(17-8-2-3-9-17)28-27(34)35-15-22-20-12-6-4-10-18(20)19-11-5-7-13-21(19)22/h4-7,10-13,16-17,22-23,25,30H,2-3,8-9,14-15H2,1H3,(H,28,34)(H,29,31)(H,32,33)/t16-,23?,25+/m1/s1. The van der Waals surface area contributed by atoms with Gasteiger partial charge < -0.3 is 25.6 Å². The van der Waals surface area contributed by atoms with Crippen LogP contribution in [0.25, 0.3) is 11.1 Å². The van der Waals surface area contributed by atoms with Crippen LogP contribution in [0.1, 0.15) is 56.1 Å². The first-order valence-electron chi connectivity index (χ1n) is 12.2. The Kier molecular flexibility index (Phi) is 7.70. The summed E-state index contributed by atoms with van der Waals surface area (Å²) in [6.45, 7) is 1.48. The Morgan fingerprint density at radius 1 is 0.971 bits per heavy atom. The minimum Gasteiger partial charge on any atom is -0.480 e.